The molecule has 2 heterocycles. The van der Waals surface area contributed by atoms with E-state index in [-0.39, 0.29) is 23.8 Å². The summed E-state index contributed by atoms with van der Waals surface area (Å²) in [5, 5.41) is 3.27. The summed E-state index contributed by atoms with van der Waals surface area (Å²) in [5.41, 5.74) is 0.724. The largest absolute Gasteiger partial charge is 0.376 e. The maximum Gasteiger partial charge on any atom is 0.241 e. The Labute approximate surface area is 159 Å². The van der Waals surface area contributed by atoms with E-state index in [9.17, 15) is 9.59 Å². The predicted molar refractivity (Wildman–Crippen MR) is 104 cm³/mol. The first-order chi connectivity index (χ1) is 12.6. The van der Waals surface area contributed by atoms with Crippen molar-refractivity contribution in [3.63, 3.8) is 0 Å². The smallest absolute Gasteiger partial charge is 0.241 e. The molecule has 6 nitrogen and oxygen atoms in total. The fraction of sp³-hybridized carbons (Fsp3) is 0.579. The number of aliphatic imine (C=N–C) groups is 1. The van der Waals surface area contributed by atoms with Gasteiger partial charge >= 0.3 is 0 Å². The first kappa shape index (κ1) is 18.9. The molecule has 2 atom stereocenters. The second kappa shape index (κ2) is 9.19. The Kier molecular flexibility index (Phi) is 6.68. The van der Waals surface area contributed by atoms with Crippen molar-refractivity contribution in [2.24, 2.45) is 10.9 Å². The normalized spacial score (nSPS) is 24.6. The van der Waals surface area contributed by atoms with Gasteiger partial charge in [-0.1, -0.05) is 24.6 Å². The minimum absolute atomic E-state index is 0.00472. The number of fused-ring (bicyclic) bond motifs is 1. The summed E-state index contributed by atoms with van der Waals surface area (Å²) in [6, 6.07) is 0. The molecule has 2 amide bonds. The van der Waals surface area contributed by atoms with Gasteiger partial charge in [-0.3, -0.25) is 14.5 Å². The Morgan fingerprint density at radius 2 is 2.23 bits per heavy atom. The van der Waals surface area contributed by atoms with Crippen molar-refractivity contribution in [1.82, 2.24) is 10.2 Å². The third kappa shape index (κ3) is 4.86. The van der Waals surface area contributed by atoms with E-state index >= 15 is 0 Å². The van der Waals surface area contributed by atoms with Crippen LogP contribution in [0, 0.1) is 5.92 Å². The van der Waals surface area contributed by atoms with E-state index in [0.717, 1.165) is 44.4 Å². The standard InChI is InChI=1S/C19H25N3O3S/c23-17(20-13-14-7-6-12-25-14)10-2-1-5-11-22-18(24)15-8-3-4-9-16(15)21-19(22)26/h3-4,8-9,14-15H,1-2,5-7,10-13H2,(H,20,23). The summed E-state index contributed by atoms with van der Waals surface area (Å²) in [6.45, 7) is 1.97. The van der Waals surface area contributed by atoms with Crippen molar-refractivity contribution in [1.29, 1.82) is 0 Å². The van der Waals surface area contributed by atoms with Crippen LogP contribution in [0.25, 0.3) is 0 Å². The number of carbonyl (C=O) groups excluding carboxylic acids is 2. The quantitative estimate of drug-likeness (QED) is 0.521. The number of thiocarbonyl (C=S) groups is 1. The molecule has 2 unspecified atom stereocenters. The Morgan fingerprint density at radius 1 is 1.35 bits per heavy atom. The van der Waals surface area contributed by atoms with E-state index in [0.29, 0.717) is 24.6 Å². The van der Waals surface area contributed by atoms with Crippen LogP contribution < -0.4 is 5.32 Å². The topological polar surface area (TPSA) is 71.0 Å². The van der Waals surface area contributed by atoms with Crippen molar-refractivity contribution in [2.45, 2.75) is 44.6 Å². The molecule has 0 radical (unpaired) electrons. The molecular formula is C19H25N3O3S. The zero-order valence-corrected chi connectivity index (χ0v) is 15.7. The Morgan fingerprint density at radius 3 is 3.04 bits per heavy atom. The minimum atomic E-state index is -0.310. The zero-order chi connectivity index (χ0) is 18.4. The molecule has 3 aliphatic rings. The number of amides is 2. The molecule has 0 bridgehead atoms. The van der Waals surface area contributed by atoms with Crippen molar-refractivity contribution >= 4 is 34.9 Å². The molecule has 0 spiro atoms. The molecule has 2 aliphatic heterocycles. The zero-order valence-electron chi connectivity index (χ0n) is 14.9. The highest BCUT2D eigenvalue weighted by Crippen LogP contribution is 2.20. The number of hydrogen-bond acceptors (Lipinski definition) is 4. The third-order valence-electron chi connectivity index (χ3n) is 4.82. The summed E-state index contributed by atoms with van der Waals surface area (Å²) in [4.78, 5) is 30.3. The van der Waals surface area contributed by atoms with Crippen molar-refractivity contribution in [3.8, 4) is 0 Å². The van der Waals surface area contributed by atoms with Gasteiger partial charge in [0, 0.05) is 26.1 Å². The third-order valence-corrected chi connectivity index (χ3v) is 5.14. The summed E-state index contributed by atoms with van der Waals surface area (Å²) in [7, 11) is 0. The van der Waals surface area contributed by atoms with Gasteiger partial charge in [0.25, 0.3) is 0 Å². The summed E-state index contributed by atoms with van der Waals surface area (Å²) >= 11 is 5.26. The SMILES string of the molecule is O=C(CCCCCN1C(=O)C2C=CC=CC2=NC1=S)NCC1CCCO1. The van der Waals surface area contributed by atoms with Crippen LogP contribution >= 0.6 is 12.2 Å². The number of unbranched alkanes of at least 4 members (excludes halogenated alkanes) is 2. The number of hydrogen-bond donors (Lipinski definition) is 1. The van der Waals surface area contributed by atoms with E-state index < -0.39 is 0 Å². The average Bonchev–Trinajstić information content (AvgIpc) is 3.15. The number of ether oxygens (including phenoxy) is 1. The van der Waals surface area contributed by atoms with Gasteiger partial charge < -0.3 is 10.1 Å². The van der Waals surface area contributed by atoms with Crippen LogP contribution in [0.2, 0.25) is 0 Å². The van der Waals surface area contributed by atoms with Crippen LogP contribution in [0.3, 0.4) is 0 Å². The van der Waals surface area contributed by atoms with E-state index in [4.69, 9.17) is 17.0 Å². The molecule has 7 heteroatoms. The molecule has 0 aromatic heterocycles. The van der Waals surface area contributed by atoms with Gasteiger partial charge in [0.05, 0.1) is 17.7 Å². The van der Waals surface area contributed by atoms with Crippen LogP contribution in [0.1, 0.15) is 38.5 Å². The number of carbonyl (C=O) groups is 2. The van der Waals surface area contributed by atoms with E-state index in [2.05, 4.69) is 10.3 Å². The van der Waals surface area contributed by atoms with Gasteiger partial charge in [0.2, 0.25) is 16.9 Å². The van der Waals surface area contributed by atoms with Gasteiger partial charge in [-0.05, 0) is 44.0 Å². The van der Waals surface area contributed by atoms with Crippen LogP contribution in [0.5, 0.6) is 0 Å². The number of allylic oxidation sites excluding steroid dienone is 3. The lowest BCUT2D eigenvalue weighted by molar-refractivity contribution is -0.128. The highest BCUT2D eigenvalue weighted by Gasteiger charge is 2.33. The maximum absolute atomic E-state index is 12.5. The second-order valence-corrected chi connectivity index (χ2v) is 7.15. The molecule has 0 saturated carbocycles. The lowest BCUT2D eigenvalue weighted by Crippen LogP contribution is -2.46. The molecule has 1 aliphatic carbocycles. The fourth-order valence-electron chi connectivity index (χ4n) is 3.34. The molecule has 0 aromatic carbocycles. The second-order valence-electron chi connectivity index (χ2n) is 6.78. The lowest BCUT2D eigenvalue weighted by Gasteiger charge is -2.30. The summed E-state index contributed by atoms with van der Waals surface area (Å²) in [5.74, 6) is -0.247. The van der Waals surface area contributed by atoms with Gasteiger partial charge in [-0.25, -0.2) is 4.99 Å². The van der Waals surface area contributed by atoms with E-state index in [1.807, 2.05) is 24.3 Å². The van der Waals surface area contributed by atoms with Gasteiger partial charge in [0.15, 0.2) is 0 Å². The maximum atomic E-state index is 12.5. The van der Waals surface area contributed by atoms with Crippen LogP contribution in [0.15, 0.2) is 29.3 Å². The Bertz CT molecular complexity index is 650. The predicted octanol–water partition coefficient (Wildman–Crippen LogP) is 2.15. The monoisotopic (exact) mass is 375 g/mol. The number of rotatable bonds is 8. The highest BCUT2D eigenvalue weighted by molar-refractivity contribution is 7.80. The van der Waals surface area contributed by atoms with Crippen LogP contribution in [-0.4, -0.2) is 53.3 Å². The molecule has 26 heavy (non-hydrogen) atoms. The van der Waals surface area contributed by atoms with Gasteiger partial charge in [0.1, 0.15) is 0 Å². The molecule has 0 aromatic rings. The fourth-order valence-corrected chi connectivity index (χ4v) is 3.63. The van der Waals surface area contributed by atoms with Crippen LogP contribution in [0.4, 0.5) is 0 Å². The van der Waals surface area contributed by atoms with Crippen molar-refractivity contribution in [2.75, 3.05) is 19.7 Å². The van der Waals surface area contributed by atoms with Gasteiger partial charge in [-0.2, -0.15) is 0 Å². The Hall–Kier alpha value is -1.86. The minimum Gasteiger partial charge on any atom is -0.376 e. The molecular weight excluding hydrogens is 350 g/mol. The first-order valence-electron chi connectivity index (χ1n) is 9.32. The van der Waals surface area contributed by atoms with Crippen molar-refractivity contribution in [3.05, 3.63) is 24.3 Å². The number of nitrogens with one attached hydrogen (secondary N) is 1. The molecule has 1 N–H and O–H groups in total. The Balaban J connectivity index is 1.33. The molecule has 3 rings (SSSR count). The van der Waals surface area contributed by atoms with Crippen molar-refractivity contribution < 1.29 is 14.3 Å². The lowest BCUT2D eigenvalue weighted by atomic mass is 9.95. The molecule has 1 fully saturated rings. The van der Waals surface area contributed by atoms with Gasteiger partial charge in [-0.15, -0.1) is 0 Å². The first-order valence-corrected chi connectivity index (χ1v) is 9.73. The summed E-state index contributed by atoms with van der Waals surface area (Å²) < 4.78 is 5.49. The van der Waals surface area contributed by atoms with E-state index in [1.165, 1.54) is 0 Å². The average molecular weight is 375 g/mol. The molecule has 1 saturated heterocycles. The highest BCUT2D eigenvalue weighted by atomic mass is 32.1. The molecule has 140 valence electrons. The summed E-state index contributed by atoms with van der Waals surface area (Å²) in [6.07, 6.45) is 12.7. The van der Waals surface area contributed by atoms with Crippen LogP contribution in [-0.2, 0) is 14.3 Å². The number of nitrogens with zero attached hydrogens (tertiary/aromatic N) is 2. The van der Waals surface area contributed by atoms with E-state index in [1.54, 1.807) is 4.90 Å².